The number of hydrogen-bond acceptors (Lipinski definition) is 4. The van der Waals surface area contributed by atoms with E-state index < -0.39 is 0 Å². The SMILES string of the molecule is Cc1ccc(/C=C2\SC(=S)N(CN3CCC(C)CC3)C2=O)cc1. The van der Waals surface area contributed by atoms with E-state index in [0.29, 0.717) is 11.0 Å². The standard InChI is InChI=1S/C18H22N2OS2/c1-13-3-5-15(6-4-13)11-16-17(21)20(18(22)23-16)12-19-9-7-14(2)8-10-19/h3-6,11,14H,7-10,12H2,1-2H3/b16-11-. The minimum atomic E-state index is 0.0409. The fourth-order valence-electron chi connectivity index (χ4n) is 2.84. The summed E-state index contributed by atoms with van der Waals surface area (Å²) in [6, 6.07) is 8.19. The number of benzene rings is 1. The van der Waals surface area contributed by atoms with Gasteiger partial charge in [-0.1, -0.05) is 60.7 Å². The van der Waals surface area contributed by atoms with Crippen molar-refractivity contribution >= 4 is 40.3 Å². The Morgan fingerprint density at radius 3 is 2.57 bits per heavy atom. The molecule has 0 atom stereocenters. The third-order valence-electron chi connectivity index (χ3n) is 4.47. The fraction of sp³-hybridized carbons (Fsp3) is 0.444. The number of hydrogen-bond donors (Lipinski definition) is 0. The Morgan fingerprint density at radius 1 is 1.26 bits per heavy atom. The molecule has 2 aliphatic rings. The van der Waals surface area contributed by atoms with Crippen LogP contribution in [0.3, 0.4) is 0 Å². The van der Waals surface area contributed by atoms with Crippen molar-refractivity contribution in [3.8, 4) is 0 Å². The van der Waals surface area contributed by atoms with E-state index in [1.807, 2.05) is 18.2 Å². The van der Waals surface area contributed by atoms with Crippen molar-refractivity contribution in [1.29, 1.82) is 0 Å². The average Bonchev–Trinajstić information content (AvgIpc) is 2.79. The Bertz CT molecular complexity index is 631. The molecule has 5 heteroatoms. The van der Waals surface area contributed by atoms with E-state index in [1.165, 1.54) is 30.2 Å². The first kappa shape index (κ1) is 16.7. The first-order valence-corrected chi connectivity index (χ1v) is 9.30. The highest BCUT2D eigenvalue weighted by Gasteiger charge is 2.33. The molecule has 122 valence electrons. The van der Waals surface area contributed by atoms with Crippen LogP contribution in [0.25, 0.3) is 6.08 Å². The minimum Gasteiger partial charge on any atom is -0.286 e. The van der Waals surface area contributed by atoms with Gasteiger partial charge >= 0.3 is 0 Å². The van der Waals surface area contributed by atoms with Crippen LogP contribution >= 0.6 is 24.0 Å². The van der Waals surface area contributed by atoms with Crippen molar-refractivity contribution < 1.29 is 4.79 Å². The van der Waals surface area contributed by atoms with Crippen LogP contribution in [-0.2, 0) is 4.79 Å². The molecule has 0 spiro atoms. The van der Waals surface area contributed by atoms with Crippen LogP contribution in [0, 0.1) is 12.8 Å². The van der Waals surface area contributed by atoms with Crippen LogP contribution in [0.2, 0.25) is 0 Å². The zero-order valence-corrected chi connectivity index (χ0v) is 15.3. The lowest BCUT2D eigenvalue weighted by Crippen LogP contribution is -2.43. The zero-order valence-electron chi connectivity index (χ0n) is 13.6. The van der Waals surface area contributed by atoms with Crippen molar-refractivity contribution in [2.75, 3.05) is 19.8 Å². The first-order chi connectivity index (χ1) is 11.0. The minimum absolute atomic E-state index is 0.0409. The fourth-order valence-corrected chi connectivity index (χ4v) is 4.08. The molecule has 3 rings (SSSR count). The van der Waals surface area contributed by atoms with Crippen LogP contribution in [-0.4, -0.2) is 39.8 Å². The highest BCUT2D eigenvalue weighted by Crippen LogP contribution is 2.33. The Labute approximate surface area is 147 Å². The number of aryl methyl sites for hydroxylation is 1. The van der Waals surface area contributed by atoms with Gasteiger partial charge in [-0.05, 0) is 37.3 Å². The van der Waals surface area contributed by atoms with Gasteiger partial charge in [0.25, 0.3) is 5.91 Å². The maximum absolute atomic E-state index is 12.6. The molecular weight excluding hydrogens is 324 g/mol. The quantitative estimate of drug-likeness (QED) is 0.612. The zero-order chi connectivity index (χ0) is 16.4. The first-order valence-electron chi connectivity index (χ1n) is 8.07. The van der Waals surface area contributed by atoms with E-state index in [2.05, 4.69) is 30.9 Å². The molecule has 23 heavy (non-hydrogen) atoms. The Hall–Kier alpha value is -1.17. The Morgan fingerprint density at radius 2 is 1.91 bits per heavy atom. The largest absolute Gasteiger partial charge is 0.286 e. The summed E-state index contributed by atoms with van der Waals surface area (Å²) in [5.74, 6) is 0.832. The predicted octanol–water partition coefficient (Wildman–Crippen LogP) is 3.89. The molecule has 2 saturated heterocycles. The smallest absolute Gasteiger partial charge is 0.267 e. The highest BCUT2D eigenvalue weighted by atomic mass is 32.2. The topological polar surface area (TPSA) is 23.6 Å². The molecule has 0 N–H and O–H groups in total. The van der Waals surface area contributed by atoms with Crippen LogP contribution in [0.4, 0.5) is 0 Å². The lowest BCUT2D eigenvalue weighted by Gasteiger charge is -2.32. The van der Waals surface area contributed by atoms with Crippen molar-refractivity contribution in [1.82, 2.24) is 9.80 Å². The summed E-state index contributed by atoms with van der Waals surface area (Å²) in [5, 5.41) is 0. The van der Waals surface area contributed by atoms with E-state index in [4.69, 9.17) is 12.2 Å². The predicted molar refractivity (Wildman–Crippen MR) is 101 cm³/mol. The molecule has 0 bridgehead atoms. The number of thioether (sulfide) groups is 1. The molecule has 3 nitrogen and oxygen atoms in total. The van der Waals surface area contributed by atoms with Gasteiger partial charge in [-0.2, -0.15) is 0 Å². The van der Waals surface area contributed by atoms with Crippen LogP contribution < -0.4 is 0 Å². The maximum Gasteiger partial charge on any atom is 0.267 e. The second-order valence-electron chi connectivity index (χ2n) is 6.46. The Balaban J connectivity index is 1.68. The molecule has 2 fully saturated rings. The third kappa shape index (κ3) is 4.03. The van der Waals surface area contributed by atoms with Gasteiger partial charge in [-0.15, -0.1) is 0 Å². The number of carbonyl (C=O) groups is 1. The molecule has 0 radical (unpaired) electrons. The van der Waals surface area contributed by atoms with Crippen molar-refractivity contribution in [3.63, 3.8) is 0 Å². The van der Waals surface area contributed by atoms with E-state index in [-0.39, 0.29) is 5.91 Å². The molecule has 2 heterocycles. The molecule has 2 aliphatic heterocycles. The summed E-state index contributed by atoms with van der Waals surface area (Å²) >= 11 is 6.84. The summed E-state index contributed by atoms with van der Waals surface area (Å²) in [4.78, 5) is 17.5. The van der Waals surface area contributed by atoms with Gasteiger partial charge in [-0.3, -0.25) is 14.6 Å². The molecule has 1 aromatic carbocycles. The molecule has 0 aliphatic carbocycles. The third-order valence-corrected chi connectivity index (χ3v) is 5.84. The number of rotatable bonds is 3. The van der Waals surface area contributed by atoms with Gasteiger partial charge in [0, 0.05) is 13.1 Å². The summed E-state index contributed by atoms with van der Waals surface area (Å²) in [6.45, 7) is 7.08. The second-order valence-corrected chi connectivity index (χ2v) is 8.14. The summed E-state index contributed by atoms with van der Waals surface area (Å²) in [6.07, 6.45) is 4.35. The summed E-state index contributed by atoms with van der Waals surface area (Å²) < 4.78 is 0.673. The maximum atomic E-state index is 12.6. The lowest BCUT2D eigenvalue weighted by molar-refractivity contribution is -0.123. The van der Waals surface area contributed by atoms with E-state index in [1.54, 1.807) is 4.90 Å². The van der Waals surface area contributed by atoms with Crippen molar-refractivity contribution in [2.24, 2.45) is 5.92 Å². The molecule has 0 saturated carbocycles. The normalized spacial score (nSPS) is 22.3. The molecular formula is C18H22N2OS2. The number of likely N-dealkylation sites (tertiary alicyclic amines) is 1. The van der Waals surface area contributed by atoms with Gasteiger partial charge in [0.1, 0.15) is 4.32 Å². The highest BCUT2D eigenvalue weighted by molar-refractivity contribution is 8.26. The molecule has 0 aromatic heterocycles. The van der Waals surface area contributed by atoms with Gasteiger partial charge in [-0.25, -0.2) is 0 Å². The van der Waals surface area contributed by atoms with Gasteiger partial charge in [0.2, 0.25) is 0 Å². The van der Waals surface area contributed by atoms with Crippen LogP contribution in [0.15, 0.2) is 29.2 Å². The number of nitrogens with zero attached hydrogens (tertiary/aromatic N) is 2. The van der Waals surface area contributed by atoms with Gasteiger partial charge < -0.3 is 0 Å². The summed E-state index contributed by atoms with van der Waals surface area (Å²) in [7, 11) is 0. The summed E-state index contributed by atoms with van der Waals surface area (Å²) in [5.41, 5.74) is 2.26. The molecule has 1 amide bonds. The van der Waals surface area contributed by atoms with Crippen molar-refractivity contribution in [2.45, 2.75) is 26.7 Å². The van der Waals surface area contributed by atoms with Gasteiger partial charge in [0.05, 0.1) is 11.6 Å². The lowest BCUT2D eigenvalue weighted by atomic mass is 10.00. The van der Waals surface area contributed by atoms with Gasteiger partial charge in [0.15, 0.2) is 0 Å². The second kappa shape index (κ2) is 7.16. The Kier molecular flexibility index (Phi) is 5.19. The number of amides is 1. The number of piperidine rings is 1. The monoisotopic (exact) mass is 346 g/mol. The average molecular weight is 347 g/mol. The molecule has 0 unspecified atom stereocenters. The molecule has 1 aromatic rings. The van der Waals surface area contributed by atoms with Crippen molar-refractivity contribution in [3.05, 3.63) is 40.3 Å². The van der Waals surface area contributed by atoms with Crippen LogP contribution in [0.5, 0.6) is 0 Å². The number of thiocarbonyl (C=S) groups is 1. The number of carbonyl (C=O) groups excluding carboxylic acids is 1. The van der Waals surface area contributed by atoms with Crippen LogP contribution in [0.1, 0.15) is 30.9 Å². The van der Waals surface area contributed by atoms with E-state index in [9.17, 15) is 4.79 Å². The van der Waals surface area contributed by atoms with E-state index in [0.717, 1.165) is 29.5 Å². The van der Waals surface area contributed by atoms with E-state index >= 15 is 0 Å².